The minimum atomic E-state index is -4.99. The van der Waals surface area contributed by atoms with E-state index in [0.717, 1.165) is 12.1 Å². The van der Waals surface area contributed by atoms with Crippen LogP contribution in [0.2, 0.25) is 5.02 Å². The van der Waals surface area contributed by atoms with Crippen molar-refractivity contribution in [2.45, 2.75) is 69.7 Å². The molecule has 6 rings (SSSR count). The van der Waals surface area contributed by atoms with Gasteiger partial charge in [-0.3, -0.25) is 5.10 Å². The zero-order valence-electron chi connectivity index (χ0n) is 25.7. The Balaban J connectivity index is 1.36. The number of aliphatic hydroxyl groups is 1. The summed E-state index contributed by atoms with van der Waals surface area (Å²) in [5, 5.41) is 16.9. The van der Waals surface area contributed by atoms with Gasteiger partial charge in [0.1, 0.15) is 5.02 Å². The van der Waals surface area contributed by atoms with Crippen LogP contribution in [0.25, 0.3) is 11.1 Å². The van der Waals surface area contributed by atoms with Gasteiger partial charge >= 0.3 is 12.4 Å². The molecule has 5 heterocycles. The number of aromatic nitrogens is 6. The molecular weight excluding hydrogens is 664 g/mol. The maximum Gasteiger partial charge on any atom is 0.416 e. The van der Waals surface area contributed by atoms with Crippen LogP contribution in [0.1, 0.15) is 49.3 Å². The molecule has 2 fully saturated rings. The van der Waals surface area contributed by atoms with E-state index < -0.39 is 29.5 Å². The fourth-order valence-corrected chi connectivity index (χ4v) is 6.43. The molecule has 17 heteroatoms. The summed E-state index contributed by atoms with van der Waals surface area (Å²) in [6.45, 7) is 3.07. The molecule has 0 radical (unpaired) electrons. The van der Waals surface area contributed by atoms with Crippen molar-refractivity contribution in [3.8, 4) is 11.1 Å². The van der Waals surface area contributed by atoms with Crippen molar-refractivity contribution < 1.29 is 31.4 Å². The molecule has 0 aliphatic carbocycles. The van der Waals surface area contributed by atoms with E-state index in [2.05, 4.69) is 25.1 Å². The number of hydrogen-bond acceptors (Lipinski definition) is 9. The monoisotopic (exact) mass is 695 g/mol. The molecular formula is C31H32ClF6N9O. The Kier molecular flexibility index (Phi) is 9.40. The Morgan fingerprint density at radius 1 is 0.938 bits per heavy atom. The number of aromatic amines is 1. The lowest BCUT2D eigenvalue weighted by Crippen LogP contribution is -2.39. The van der Waals surface area contributed by atoms with Gasteiger partial charge in [0.05, 0.1) is 35.7 Å². The van der Waals surface area contributed by atoms with Crippen molar-refractivity contribution in [1.82, 2.24) is 30.1 Å². The van der Waals surface area contributed by atoms with Crippen LogP contribution in [0.15, 0.2) is 49.2 Å². The first kappa shape index (κ1) is 33.7. The highest BCUT2D eigenvalue weighted by Crippen LogP contribution is 2.39. The van der Waals surface area contributed by atoms with Crippen LogP contribution >= 0.6 is 11.6 Å². The van der Waals surface area contributed by atoms with E-state index >= 15 is 0 Å². The first-order valence-electron chi connectivity index (χ1n) is 15.4. The van der Waals surface area contributed by atoms with Crippen LogP contribution in [0.4, 0.5) is 44.1 Å². The molecule has 1 aromatic carbocycles. The highest BCUT2D eigenvalue weighted by Gasteiger charge is 2.40. The van der Waals surface area contributed by atoms with Gasteiger partial charge in [0.2, 0.25) is 11.9 Å². The third-order valence-corrected chi connectivity index (χ3v) is 9.03. The standard InChI is InChI=1S/C31H32ClF6N9O/c1-2-23-10-24(17-46(23)27-26(32)15-41-29(44-27)45-5-3-25(48)4-6-45)47(28-39-11-19(12-40-28)20-13-42-43-14-20)16-18-7-21(30(33,34)35)9-22(8-18)31(36,37)38/h7-9,11-15,23-25,48H,2-6,10,16-17H2,1H3,(H,42,43). The van der Waals surface area contributed by atoms with Gasteiger partial charge in [-0.05, 0) is 49.4 Å². The first-order chi connectivity index (χ1) is 22.8. The molecule has 3 aromatic heterocycles. The number of halogens is 7. The van der Waals surface area contributed by atoms with Gasteiger partial charge in [-0.15, -0.1) is 0 Å². The minimum Gasteiger partial charge on any atom is -0.393 e. The Labute approximate surface area is 276 Å². The van der Waals surface area contributed by atoms with Crippen molar-refractivity contribution >= 4 is 29.3 Å². The summed E-state index contributed by atoms with van der Waals surface area (Å²) in [4.78, 5) is 23.8. The minimum absolute atomic E-state index is 0.117. The maximum atomic E-state index is 13.8. The largest absolute Gasteiger partial charge is 0.416 e. The summed E-state index contributed by atoms with van der Waals surface area (Å²) < 4.78 is 82.7. The highest BCUT2D eigenvalue weighted by atomic mass is 35.5. The van der Waals surface area contributed by atoms with Gasteiger partial charge in [0.25, 0.3) is 0 Å². The van der Waals surface area contributed by atoms with Gasteiger partial charge in [0, 0.05) is 61.9 Å². The normalized spacial score (nSPS) is 19.3. The van der Waals surface area contributed by atoms with Gasteiger partial charge < -0.3 is 19.8 Å². The van der Waals surface area contributed by atoms with Crippen LogP contribution < -0.4 is 14.7 Å². The summed E-state index contributed by atoms with van der Waals surface area (Å²) in [7, 11) is 0. The number of rotatable bonds is 8. The molecule has 2 unspecified atom stereocenters. The molecule has 256 valence electrons. The number of nitrogens with one attached hydrogen (secondary N) is 1. The number of hydrogen-bond donors (Lipinski definition) is 2. The van der Waals surface area contributed by atoms with E-state index in [4.69, 9.17) is 16.6 Å². The molecule has 4 aromatic rings. The topological polar surface area (TPSA) is 110 Å². The molecule has 2 aliphatic heterocycles. The molecule has 0 spiro atoms. The van der Waals surface area contributed by atoms with Crippen LogP contribution in [-0.4, -0.2) is 73.1 Å². The van der Waals surface area contributed by atoms with Gasteiger partial charge in [-0.2, -0.15) is 36.4 Å². The van der Waals surface area contributed by atoms with E-state index in [1.165, 1.54) is 18.6 Å². The summed E-state index contributed by atoms with van der Waals surface area (Å²) in [5.41, 5.74) is -1.66. The SMILES string of the molecule is CCC1CC(N(Cc2cc(C(F)(F)F)cc(C(F)(F)F)c2)c2ncc(-c3cn[nH]c3)cn2)CN1c1nc(N2CCC(O)CC2)ncc1Cl. The lowest BCUT2D eigenvalue weighted by molar-refractivity contribution is -0.143. The number of benzene rings is 1. The van der Waals surface area contributed by atoms with E-state index in [0.29, 0.717) is 66.7 Å². The predicted octanol–water partition coefficient (Wildman–Crippen LogP) is 6.37. The predicted molar refractivity (Wildman–Crippen MR) is 167 cm³/mol. The number of H-pyrrole nitrogens is 1. The summed E-state index contributed by atoms with van der Waals surface area (Å²) in [5.74, 6) is 1.06. The summed E-state index contributed by atoms with van der Waals surface area (Å²) in [6.07, 6.45) is -0.310. The van der Waals surface area contributed by atoms with Crippen molar-refractivity contribution in [1.29, 1.82) is 0 Å². The van der Waals surface area contributed by atoms with Crippen molar-refractivity contribution in [3.63, 3.8) is 0 Å². The lowest BCUT2D eigenvalue weighted by Gasteiger charge is -2.32. The van der Waals surface area contributed by atoms with E-state index in [-0.39, 0.29) is 42.8 Å². The van der Waals surface area contributed by atoms with Crippen LogP contribution in [0.5, 0.6) is 0 Å². The van der Waals surface area contributed by atoms with Crippen LogP contribution in [0.3, 0.4) is 0 Å². The molecule has 2 aliphatic rings. The Morgan fingerprint density at radius 2 is 1.60 bits per heavy atom. The molecule has 0 saturated carbocycles. The van der Waals surface area contributed by atoms with Gasteiger partial charge in [-0.25, -0.2) is 15.0 Å². The second-order valence-corrected chi connectivity index (χ2v) is 12.4. The molecule has 2 N–H and O–H groups in total. The number of nitrogens with zero attached hydrogens (tertiary/aromatic N) is 8. The average molecular weight is 696 g/mol. The summed E-state index contributed by atoms with van der Waals surface area (Å²) in [6, 6.07) is 1.01. The molecule has 2 atom stereocenters. The van der Waals surface area contributed by atoms with Crippen molar-refractivity contribution in [3.05, 3.63) is 70.9 Å². The molecule has 0 amide bonds. The molecule has 10 nitrogen and oxygen atoms in total. The van der Waals surface area contributed by atoms with Gasteiger partial charge in [-0.1, -0.05) is 18.5 Å². The maximum absolute atomic E-state index is 13.8. The number of piperidine rings is 1. The average Bonchev–Trinajstić information content (AvgIpc) is 3.75. The first-order valence-corrected chi connectivity index (χ1v) is 15.8. The fraction of sp³-hybridized carbons (Fsp3) is 0.452. The van der Waals surface area contributed by atoms with E-state index in [1.54, 1.807) is 17.3 Å². The zero-order valence-corrected chi connectivity index (χ0v) is 26.4. The zero-order chi connectivity index (χ0) is 34.2. The Bertz CT molecular complexity index is 1660. The second kappa shape index (κ2) is 13.4. The van der Waals surface area contributed by atoms with E-state index in [1.807, 2.05) is 16.7 Å². The van der Waals surface area contributed by atoms with Crippen molar-refractivity contribution in [2.24, 2.45) is 0 Å². The Morgan fingerprint density at radius 3 is 2.19 bits per heavy atom. The molecule has 48 heavy (non-hydrogen) atoms. The van der Waals surface area contributed by atoms with Crippen LogP contribution in [-0.2, 0) is 18.9 Å². The fourth-order valence-electron chi connectivity index (χ4n) is 6.23. The highest BCUT2D eigenvalue weighted by molar-refractivity contribution is 6.32. The van der Waals surface area contributed by atoms with Crippen molar-refractivity contribution in [2.75, 3.05) is 34.3 Å². The smallest absolute Gasteiger partial charge is 0.393 e. The third-order valence-electron chi connectivity index (χ3n) is 8.76. The number of anilines is 3. The molecule has 2 saturated heterocycles. The second-order valence-electron chi connectivity index (χ2n) is 12.0. The third kappa shape index (κ3) is 7.28. The summed E-state index contributed by atoms with van der Waals surface area (Å²) >= 11 is 6.64. The Hall–Kier alpha value is -4.18. The number of aliphatic hydroxyl groups excluding tert-OH is 1. The number of alkyl halides is 6. The van der Waals surface area contributed by atoms with E-state index in [9.17, 15) is 31.4 Å². The van der Waals surface area contributed by atoms with Gasteiger partial charge in [0.15, 0.2) is 5.82 Å². The molecule has 0 bridgehead atoms. The lowest BCUT2D eigenvalue weighted by atomic mass is 10.0. The quantitative estimate of drug-likeness (QED) is 0.203. The van der Waals surface area contributed by atoms with Crippen LogP contribution in [0, 0.1) is 0 Å².